The van der Waals surface area contributed by atoms with Crippen molar-refractivity contribution in [2.75, 3.05) is 0 Å². The van der Waals surface area contributed by atoms with Gasteiger partial charge in [-0.05, 0) is 18.9 Å². The summed E-state index contributed by atoms with van der Waals surface area (Å²) in [5, 5.41) is 0. The summed E-state index contributed by atoms with van der Waals surface area (Å²) in [6.07, 6.45) is 2.62. The second-order valence-corrected chi connectivity index (χ2v) is 4.80. The molecule has 0 bridgehead atoms. The summed E-state index contributed by atoms with van der Waals surface area (Å²) in [6, 6.07) is 10.3. The van der Waals surface area contributed by atoms with Crippen molar-refractivity contribution in [2.24, 2.45) is 0 Å². The number of hydrogen-bond donors (Lipinski definition) is 1. The molecule has 0 unspecified atom stereocenters. The van der Waals surface area contributed by atoms with Crippen LogP contribution in [-0.4, -0.2) is 9.55 Å². The molecule has 1 fully saturated rings. The van der Waals surface area contributed by atoms with Crippen molar-refractivity contribution in [3.63, 3.8) is 0 Å². The molecule has 0 aliphatic heterocycles. The van der Waals surface area contributed by atoms with E-state index < -0.39 is 0 Å². The molecule has 3 rings (SSSR count). The first kappa shape index (κ1) is 11.0. The highest BCUT2D eigenvalue weighted by Gasteiger charge is 2.40. The molecular formula is C14H14N2O2. The summed E-state index contributed by atoms with van der Waals surface area (Å²) in [5.41, 5.74) is 1.22. The average molecular weight is 242 g/mol. The highest BCUT2D eigenvalue weighted by molar-refractivity contribution is 5.27. The van der Waals surface area contributed by atoms with Crippen LogP contribution in [0.4, 0.5) is 0 Å². The van der Waals surface area contributed by atoms with Crippen LogP contribution in [-0.2, 0) is 0 Å². The molecule has 2 atom stereocenters. The largest absolute Gasteiger partial charge is 0.328 e. The fraction of sp³-hybridized carbons (Fsp3) is 0.286. The van der Waals surface area contributed by atoms with Gasteiger partial charge >= 0.3 is 5.69 Å². The summed E-state index contributed by atoms with van der Waals surface area (Å²) in [7, 11) is 0. The zero-order valence-corrected chi connectivity index (χ0v) is 10.1. The maximum atomic E-state index is 11.8. The predicted molar refractivity (Wildman–Crippen MR) is 68.9 cm³/mol. The number of benzene rings is 1. The Labute approximate surface area is 104 Å². The molecule has 1 aliphatic rings. The quantitative estimate of drug-likeness (QED) is 0.869. The summed E-state index contributed by atoms with van der Waals surface area (Å²) in [4.78, 5) is 25.4. The van der Waals surface area contributed by atoms with E-state index in [4.69, 9.17) is 0 Å². The maximum Gasteiger partial charge on any atom is 0.328 e. The van der Waals surface area contributed by atoms with Crippen LogP contribution in [0.1, 0.15) is 29.5 Å². The lowest BCUT2D eigenvalue weighted by Gasteiger charge is -2.05. The van der Waals surface area contributed by atoms with Gasteiger partial charge in [-0.2, -0.15) is 0 Å². The van der Waals surface area contributed by atoms with Crippen LogP contribution in [0, 0.1) is 6.92 Å². The van der Waals surface area contributed by atoms with E-state index in [1.807, 2.05) is 18.2 Å². The van der Waals surface area contributed by atoms with Crippen LogP contribution in [0.3, 0.4) is 0 Å². The SMILES string of the molecule is Cc1cn([C@@H]2C[C@H]2c2ccccc2)c(=O)[nH]c1=O. The average Bonchev–Trinajstić information content (AvgIpc) is 3.15. The molecule has 0 spiro atoms. The highest BCUT2D eigenvalue weighted by Crippen LogP contribution is 2.50. The second-order valence-electron chi connectivity index (χ2n) is 4.80. The first-order valence-corrected chi connectivity index (χ1v) is 6.04. The normalized spacial score (nSPS) is 21.8. The maximum absolute atomic E-state index is 11.8. The van der Waals surface area contributed by atoms with Gasteiger partial charge < -0.3 is 0 Å². The van der Waals surface area contributed by atoms with E-state index >= 15 is 0 Å². The lowest BCUT2D eigenvalue weighted by atomic mass is 10.1. The Morgan fingerprint density at radius 1 is 1.22 bits per heavy atom. The minimum absolute atomic E-state index is 0.176. The topological polar surface area (TPSA) is 54.9 Å². The molecule has 1 N–H and O–H groups in total. The van der Waals surface area contributed by atoms with Gasteiger partial charge in [-0.1, -0.05) is 30.3 Å². The number of aromatic amines is 1. The minimum Gasteiger partial charge on any atom is -0.297 e. The number of aromatic nitrogens is 2. The highest BCUT2D eigenvalue weighted by atomic mass is 16.2. The van der Waals surface area contributed by atoms with Crippen LogP contribution < -0.4 is 11.2 Å². The van der Waals surface area contributed by atoms with Crippen molar-refractivity contribution < 1.29 is 0 Å². The number of rotatable bonds is 2. The summed E-state index contributed by atoms with van der Waals surface area (Å²) in [5.74, 6) is 0.384. The third kappa shape index (κ3) is 1.79. The Kier molecular flexibility index (Phi) is 2.44. The van der Waals surface area contributed by atoms with Crippen LogP contribution in [0.15, 0.2) is 46.1 Å². The van der Waals surface area contributed by atoms with Gasteiger partial charge in [0.25, 0.3) is 5.56 Å². The molecule has 1 saturated carbocycles. The van der Waals surface area contributed by atoms with Gasteiger partial charge in [0.15, 0.2) is 0 Å². The van der Waals surface area contributed by atoms with Crippen LogP contribution >= 0.6 is 0 Å². The smallest absolute Gasteiger partial charge is 0.297 e. The van der Waals surface area contributed by atoms with Gasteiger partial charge in [0.2, 0.25) is 0 Å². The number of H-pyrrole nitrogens is 1. The van der Waals surface area contributed by atoms with Crippen molar-refractivity contribution in [3.05, 3.63) is 68.5 Å². The predicted octanol–water partition coefficient (Wildman–Crippen LogP) is 1.57. The van der Waals surface area contributed by atoms with Crippen molar-refractivity contribution >= 4 is 0 Å². The van der Waals surface area contributed by atoms with Crippen LogP contribution in [0.2, 0.25) is 0 Å². The molecule has 0 radical (unpaired) electrons. The zero-order chi connectivity index (χ0) is 12.7. The van der Waals surface area contributed by atoms with Crippen molar-refractivity contribution in [1.82, 2.24) is 9.55 Å². The molecular weight excluding hydrogens is 228 g/mol. The summed E-state index contributed by atoms with van der Waals surface area (Å²) >= 11 is 0. The second kappa shape index (κ2) is 3.98. The summed E-state index contributed by atoms with van der Waals surface area (Å²) in [6.45, 7) is 1.72. The van der Waals surface area contributed by atoms with E-state index in [-0.39, 0.29) is 17.3 Å². The number of aryl methyl sites for hydroxylation is 1. The third-order valence-corrected chi connectivity index (χ3v) is 3.49. The third-order valence-electron chi connectivity index (χ3n) is 3.49. The van der Waals surface area contributed by atoms with E-state index in [1.54, 1.807) is 17.7 Å². The molecule has 92 valence electrons. The van der Waals surface area contributed by atoms with Gasteiger partial charge in [0, 0.05) is 23.7 Å². The molecule has 1 aromatic heterocycles. The van der Waals surface area contributed by atoms with Crippen molar-refractivity contribution in [1.29, 1.82) is 0 Å². The number of nitrogens with zero attached hydrogens (tertiary/aromatic N) is 1. The molecule has 4 heteroatoms. The van der Waals surface area contributed by atoms with E-state index in [0.29, 0.717) is 11.5 Å². The van der Waals surface area contributed by atoms with Gasteiger partial charge in [-0.3, -0.25) is 14.3 Å². The van der Waals surface area contributed by atoms with E-state index in [0.717, 1.165) is 6.42 Å². The Balaban J connectivity index is 1.94. The van der Waals surface area contributed by atoms with Gasteiger partial charge in [0.05, 0.1) is 0 Å². The van der Waals surface area contributed by atoms with Gasteiger partial charge in [-0.25, -0.2) is 4.79 Å². The molecule has 1 aliphatic carbocycles. The van der Waals surface area contributed by atoms with E-state index in [2.05, 4.69) is 17.1 Å². The monoisotopic (exact) mass is 242 g/mol. The van der Waals surface area contributed by atoms with Crippen LogP contribution in [0.5, 0.6) is 0 Å². The van der Waals surface area contributed by atoms with Gasteiger partial charge in [0.1, 0.15) is 0 Å². The van der Waals surface area contributed by atoms with E-state index in [9.17, 15) is 9.59 Å². The molecule has 2 aromatic rings. The molecule has 0 amide bonds. The molecule has 1 aromatic carbocycles. The first-order chi connectivity index (χ1) is 8.66. The minimum atomic E-state index is -0.311. The molecule has 4 nitrogen and oxygen atoms in total. The fourth-order valence-corrected chi connectivity index (χ4v) is 2.38. The lowest BCUT2D eigenvalue weighted by molar-refractivity contribution is 0.653. The van der Waals surface area contributed by atoms with Crippen molar-refractivity contribution in [3.8, 4) is 0 Å². The zero-order valence-electron chi connectivity index (χ0n) is 10.1. The fourth-order valence-electron chi connectivity index (χ4n) is 2.38. The van der Waals surface area contributed by atoms with Crippen molar-refractivity contribution in [2.45, 2.75) is 25.3 Å². The Hall–Kier alpha value is -2.10. The van der Waals surface area contributed by atoms with Gasteiger partial charge in [-0.15, -0.1) is 0 Å². The Morgan fingerprint density at radius 2 is 1.94 bits per heavy atom. The lowest BCUT2D eigenvalue weighted by Crippen LogP contribution is -2.30. The molecule has 0 saturated heterocycles. The standard InChI is InChI=1S/C14H14N2O2/c1-9-8-16(14(18)15-13(9)17)12-7-11(12)10-5-3-2-4-6-10/h2-6,8,11-12H,7H2,1H3,(H,15,17,18)/t11-,12+/m0/s1. The Morgan fingerprint density at radius 3 is 2.67 bits per heavy atom. The van der Waals surface area contributed by atoms with E-state index in [1.165, 1.54) is 5.56 Å². The number of hydrogen-bond acceptors (Lipinski definition) is 2. The summed E-state index contributed by atoms with van der Waals surface area (Å²) < 4.78 is 1.65. The molecule has 1 heterocycles. The van der Waals surface area contributed by atoms with Crippen LogP contribution in [0.25, 0.3) is 0 Å². The molecule has 18 heavy (non-hydrogen) atoms. The Bertz CT molecular complexity index is 685. The first-order valence-electron chi connectivity index (χ1n) is 6.04. The number of nitrogens with one attached hydrogen (secondary N) is 1.